The summed E-state index contributed by atoms with van der Waals surface area (Å²) in [5.41, 5.74) is 2.88. The molecule has 1 aromatic rings. The molecule has 1 aromatic carbocycles. The largest absolute Gasteiger partial charge is 0.378 e. The third-order valence-electron chi connectivity index (χ3n) is 4.33. The van der Waals surface area contributed by atoms with Crippen LogP contribution in [0.4, 0.5) is 11.4 Å². The van der Waals surface area contributed by atoms with Gasteiger partial charge in [0.05, 0.1) is 13.2 Å². The molecule has 1 unspecified atom stereocenters. The number of morpholine rings is 1. The number of anilines is 2. The van der Waals surface area contributed by atoms with Gasteiger partial charge >= 0.3 is 0 Å². The molecule has 6 nitrogen and oxygen atoms in total. The Morgan fingerprint density at radius 1 is 1.26 bits per heavy atom. The van der Waals surface area contributed by atoms with Crippen molar-refractivity contribution < 1.29 is 17.9 Å². The quantitative estimate of drug-likeness (QED) is 0.766. The van der Waals surface area contributed by atoms with E-state index < -0.39 is 14.3 Å². The van der Waals surface area contributed by atoms with E-state index in [1.807, 2.05) is 25.1 Å². The summed E-state index contributed by atoms with van der Waals surface area (Å²) in [4.78, 5) is 15.9. The SMILES string of the molecule is Cc1cc(N2CC(S(=O)(=O)Cl)CC2=O)ccc1N1CCOCC1. The minimum Gasteiger partial charge on any atom is -0.378 e. The molecule has 23 heavy (non-hydrogen) atoms. The van der Waals surface area contributed by atoms with Crippen LogP contribution in [0.3, 0.4) is 0 Å². The molecule has 3 rings (SSSR count). The summed E-state index contributed by atoms with van der Waals surface area (Å²) in [6.45, 7) is 5.21. The average molecular weight is 359 g/mol. The van der Waals surface area contributed by atoms with Gasteiger partial charge in [0.1, 0.15) is 5.25 Å². The maximum absolute atomic E-state index is 12.1. The van der Waals surface area contributed by atoms with Gasteiger partial charge in [-0.3, -0.25) is 4.79 Å². The molecule has 2 fully saturated rings. The predicted molar refractivity (Wildman–Crippen MR) is 89.7 cm³/mol. The zero-order valence-electron chi connectivity index (χ0n) is 12.9. The Bertz CT molecular complexity index is 716. The van der Waals surface area contributed by atoms with Crippen LogP contribution in [0.5, 0.6) is 0 Å². The molecule has 1 amide bonds. The van der Waals surface area contributed by atoms with Crippen molar-refractivity contribution in [2.24, 2.45) is 0 Å². The highest BCUT2D eigenvalue weighted by molar-refractivity contribution is 8.14. The van der Waals surface area contributed by atoms with Crippen LogP contribution in [0.15, 0.2) is 18.2 Å². The van der Waals surface area contributed by atoms with Crippen molar-refractivity contribution in [2.45, 2.75) is 18.6 Å². The molecule has 2 heterocycles. The molecular formula is C15H19ClN2O4S. The molecule has 8 heteroatoms. The predicted octanol–water partition coefficient (Wildman–Crippen LogP) is 1.51. The number of halogens is 1. The molecule has 126 valence electrons. The Kier molecular flexibility index (Phi) is 4.53. The molecule has 0 aliphatic carbocycles. The normalized spacial score (nSPS) is 22.7. The van der Waals surface area contributed by atoms with Crippen LogP contribution in [0.25, 0.3) is 0 Å². The van der Waals surface area contributed by atoms with Gasteiger partial charge in [0.2, 0.25) is 15.0 Å². The van der Waals surface area contributed by atoms with Crippen molar-refractivity contribution in [3.05, 3.63) is 23.8 Å². The van der Waals surface area contributed by atoms with E-state index in [1.54, 1.807) is 0 Å². The van der Waals surface area contributed by atoms with Gasteiger partial charge in [0, 0.05) is 48.1 Å². The second-order valence-electron chi connectivity index (χ2n) is 5.88. The van der Waals surface area contributed by atoms with E-state index in [0.717, 1.165) is 24.3 Å². The monoisotopic (exact) mass is 358 g/mol. The summed E-state index contributed by atoms with van der Waals surface area (Å²) >= 11 is 0. The molecule has 2 aliphatic rings. The van der Waals surface area contributed by atoms with Crippen molar-refractivity contribution >= 4 is 37.0 Å². The number of benzene rings is 1. The van der Waals surface area contributed by atoms with Crippen LogP contribution in [0.1, 0.15) is 12.0 Å². The lowest BCUT2D eigenvalue weighted by Gasteiger charge is -2.30. The number of ether oxygens (including phenoxy) is 1. The van der Waals surface area contributed by atoms with E-state index >= 15 is 0 Å². The number of rotatable bonds is 3. The van der Waals surface area contributed by atoms with Crippen molar-refractivity contribution in [3.8, 4) is 0 Å². The number of nitrogens with zero attached hydrogens (tertiary/aromatic N) is 2. The van der Waals surface area contributed by atoms with Crippen LogP contribution in [0.2, 0.25) is 0 Å². The lowest BCUT2D eigenvalue weighted by Crippen LogP contribution is -2.36. The van der Waals surface area contributed by atoms with Crippen molar-refractivity contribution in [1.29, 1.82) is 0 Å². The van der Waals surface area contributed by atoms with Gasteiger partial charge in [-0.15, -0.1) is 0 Å². The van der Waals surface area contributed by atoms with Crippen molar-refractivity contribution in [1.82, 2.24) is 0 Å². The zero-order chi connectivity index (χ0) is 16.6. The molecule has 0 spiro atoms. The molecule has 0 radical (unpaired) electrons. The maximum Gasteiger partial charge on any atom is 0.237 e. The van der Waals surface area contributed by atoms with Crippen LogP contribution in [-0.4, -0.2) is 52.4 Å². The summed E-state index contributed by atoms with van der Waals surface area (Å²) in [5, 5.41) is -0.837. The van der Waals surface area contributed by atoms with Gasteiger partial charge in [-0.25, -0.2) is 8.42 Å². The number of hydrogen-bond acceptors (Lipinski definition) is 5. The lowest BCUT2D eigenvalue weighted by molar-refractivity contribution is -0.117. The first-order valence-corrected chi connectivity index (χ1v) is 9.90. The molecule has 2 saturated heterocycles. The van der Waals surface area contributed by atoms with E-state index in [9.17, 15) is 13.2 Å². The first-order valence-electron chi connectivity index (χ1n) is 7.53. The van der Waals surface area contributed by atoms with E-state index in [4.69, 9.17) is 15.4 Å². The molecule has 0 aromatic heterocycles. The first-order chi connectivity index (χ1) is 10.9. The minimum atomic E-state index is -3.72. The van der Waals surface area contributed by atoms with Crippen LogP contribution >= 0.6 is 10.7 Å². The fraction of sp³-hybridized carbons (Fsp3) is 0.533. The smallest absolute Gasteiger partial charge is 0.237 e. The zero-order valence-corrected chi connectivity index (χ0v) is 14.4. The highest BCUT2D eigenvalue weighted by Crippen LogP contribution is 2.30. The van der Waals surface area contributed by atoms with E-state index in [1.165, 1.54) is 4.90 Å². The molecule has 0 bridgehead atoms. The highest BCUT2D eigenvalue weighted by Gasteiger charge is 2.38. The third kappa shape index (κ3) is 3.46. The standard InChI is InChI=1S/C15H19ClN2O4S/c1-11-8-12(2-3-14(11)17-4-6-22-7-5-17)18-10-13(9-15(18)19)23(16,20)21/h2-3,8,13H,4-7,9-10H2,1H3. The van der Waals surface area contributed by atoms with Gasteiger partial charge in [0.15, 0.2) is 0 Å². The average Bonchev–Trinajstić information content (AvgIpc) is 2.90. The summed E-state index contributed by atoms with van der Waals surface area (Å²) in [6, 6.07) is 5.76. The molecule has 0 N–H and O–H groups in total. The molecule has 1 atom stereocenters. The van der Waals surface area contributed by atoms with Crippen molar-refractivity contribution in [2.75, 3.05) is 42.6 Å². The third-order valence-corrected chi connectivity index (χ3v) is 6.20. The van der Waals surface area contributed by atoms with E-state index in [2.05, 4.69) is 4.90 Å². The number of hydrogen-bond donors (Lipinski definition) is 0. The van der Waals surface area contributed by atoms with Crippen molar-refractivity contribution in [3.63, 3.8) is 0 Å². The second-order valence-corrected chi connectivity index (χ2v) is 8.78. The fourth-order valence-corrected chi connectivity index (χ4v) is 4.11. The van der Waals surface area contributed by atoms with Gasteiger partial charge in [-0.05, 0) is 30.7 Å². The van der Waals surface area contributed by atoms with E-state index in [0.29, 0.717) is 18.9 Å². The van der Waals surface area contributed by atoms with E-state index in [-0.39, 0.29) is 18.9 Å². The Balaban J connectivity index is 1.81. The van der Waals surface area contributed by atoms with Gasteiger partial charge in [-0.2, -0.15) is 0 Å². The van der Waals surface area contributed by atoms with Crippen LogP contribution < -0.4 is 9.80 Å². The Morgan fingerprint density at radius 2 is 1.96 bits per heavy atom. The van der Waals surface area contributed by atoms with Gasteiger partial charge in [0.25, 0.3) is 0 Å². The Labute approximate surface area is 140 Å². The minimum absolute atomic E-state index is 0.0594. The van der Waals surface area contributed by atoms with Crippen LogP contribution in [0, 0.1) is 6.92 Å². The lowest BCUT2D eigenvalue weighted by atomic mass is 10.1. The van der Waals surface area contributed by atoms with Gasteiger partial charge < -0.3 is 14.5 Å². The Morgan fingerprint density at radius 3 is 2.52 bits per heavy atom. The number of carbonyl (C=O) groups is 1. The summed E-state index contributed by atoms with van der Waals surface area (Å²) in [7, 11) is 1.67. The Hall–Kier alpha value is -1.31. The first kappa shape index (κ1) is 16.5. The highest BCUT2D eigenvalue weighted by atomic mass is 35.7. The second kappa shape index (κ2) is 6.30. The molecule has 0 saturated carbocycles. The molecule has 2 aliphatic heterocycles. The number of aryl methyl sites for hydroxylation is 1. The number of carbonyl (C=O) groups excluding carboxylic acids is 1. The summed E-state index contributed by atoms with van der Waals surface area (Å²) in [6.07, 6.45) is -0.0594. The summed E-state index contributed by atoms with van der Waals surface area (Å²) < 4.78 is 28.3. The fourth-order valence-electron chi connectivity index (χ4n) is 3.08. The van der Waals surface area contributed by atoms with Crippen LogP contribution in [-0.2, 0) is 18.6 Å². The van der Waals surface area contributed by atoms with Gasteiger partial charge in [-0.1, -0.05) is 0 Å². The maximum atomic E-state index is 12.1. The topological polar surface area (TPSA) is 66.9 Å². The summed E-state index contributed by atoms with van der Waals surface area (Å²) in [5.74, 6) is -0.210. The molecular weight excluding hydrogens is 340 g/mol. The number of amides is 1.